The van der Waals surface area contributed by atoms with E-state index < -0.39 is 46.4 Å². The number of hydrogen-bond donors (Lipinski definition) is 1. The normalized spacial score (nSPS) is 11.3. The molecule has 0 atom stereocenters. The molecule has 3 nitrogen and oxygen atoms in total. The number of benzene rings is 2. The lowest BCUT2D eigenvalue weighted by molar-refractivity contribution is -0.274. The van der Waals surface area contributed by atoms with Crippen molar-refractivity contribution in [2.24, 2.45) is 0 Å². The van der Waals surface area contributed by atoms with Crippen LogP contribution in [0.1, 0.15) is 10.4 Å². The van der Waals surface area contributed by atoms with Gasteiger partial charge in [-0.1, -0.05) is 18.2 Å². The summed E-state index contributed by atoms with van der Waals surface area (Å²) in [5, 5.41) is 8.70. The Balaban J connectivity index is 2.60. The van der Waals surface area contributed by atoms with Gasteiger partial charge in [-0.25, -0.2) is 13.6 Å². The summed E-state index contributed by atoms with van der Waals surface area (Å²) >= 11 is 0. The van der Waals surface area contributed by atoms with Crippen molar-refractivity contribution in [1.29, 1.82) is 0 Å². The average Bonchev–Trinajstić information content (AvgIpc) is 2.38. The molecule has 1 N–H and O–H groups in total. The topological polar surface area (TPSA) is 46.5 Å². The molecular weight excluding hydrogens is 311 g/mol. The molecule has 0 radical (unpaired) electrons. The molecule has 0 saturated heterocycles. The lowest BCUT2D eigenvalue weighted by atomic mass is 10.0. The molecule has 0 heterocycles. The molecule has 2 rings (SSSR count). The molecule has 0 saturated carbocycles. The van der Waals surface area contributed by atoms with Crippen LogP contribution in [0.5, 0.6) is 5.75 Å². The van der Waals surface area contributed by atoms with E-state index in [1.807, 2.05) is 0 Å². The van der Waals surface area contributed by atoms with Crippen LogP contribution >= 0.6 is 0 Å². The van der Waals surface area contributed by atoms with E-state index in [4.69, 9.17) is 5.11 Å². The van der Waals surface area contributed by atoms with Gasteiger partial charge in [0.2, 0.25) is 0 Å². The van der Waals surface area contributed by atoms with Crippen LogP contribution in [-0.4, -0.2) is 17.4 Å². The molecule has 0 unspecified atom stereocenters. The molecule has 0 spiro atoms. The summed E-state index contributed by atoms with van der Waals surface area (Å²) in [6.07, 6.45) is -5.04. The molecule has 0 fully saturated rings. The number of alkyl halides is 3. The van der Waals surface area contributed by atoms with Gasteiger partial charge in [0.1, 0.15) is 17.4 Å². The van der Waals surface area contributed by atoms with Crippen LogP contribution in [-0.2, 0) is 0 Å². The first-order chi connectivity index (χ1) is 10.2. The van der Waals surface area contributed by atoms with Gasteiger partial charge >= 0.3 is 12.3 Å². The molecule has 0 aliphatic rings. The van der Waals surface area contributed by atoms with E-state index >= 15 is 0 Å². The fourth-order valence-electron chi connectivity index (χ4n) is 1.84. The second-order valence-electron chi connectivity index (χ2n) is 4.16. The highest BCUT2D eigenvalue weighted by Crippen LogP contribution is 2.36. The van der Waals surface area contributed by atoms with Crippen molar-refractivity contribution < 1.29 is 36.6 Å². The molecule has 0 aliphatic carbocycles. The highest BCUT2D eigenvalue weighted by molar-refractivity contribution is 5.88. The molecule has 8 heteroatoms. The van der Waals surface area contributed by atoms with Gasteiger partial charge in [0.05, 0.1) is 11.1 Å². The van der Waals surface area contributed by atoms with Crippen molar-refractivity contribution >= 4 is 5.97 Å². The average molecular weight is 318 g/mol. The van der Waals surface area contributed by atoms with Crippen LogP contribution in [0.15, 0.2) is 36.4 Å². The van der Waals surface area contributed by atoms with Gasteiger partial charge < -0.3 is 9.84 Å². The number of rotatable bonds is 3. The van der Waals surface area contributed by atoms with Crippen LogP contribution in [0.2, 0.25) is 0 Å². The Morgan fingerprint density at radius 2 is 1.59 bits per heavy atom. The minimum Gasteiger partial charge on any atom is -0.478 e. The predicted octanol–water partition coefficient (Wildman–Crippen LogP) is 4.23. The van der Waals surface area contributed by atoms with Crippen molar-refractivity contribution in [1.82, 2.24) is 0 Å². The van der Waals surface area contributed by atoms with E-state index in [1.54, 1.807) is 0 Å². The first-order valence-corrected chi connectivity index (χ1v) is 5.76. The van der Waals surface area contributed by atoms with Crippen LogP contribution in [0.25, 0.3) is 11.1 Å². The maximum Gasteiger partial charge on any atom is 0.573 e. The molecule has 0 amide bonds. The second kappa shape index (κ2) is 5.63. The first kappa shape index (κ1) is 15.7. The first-order valence-electron chi connectivity index (χ1n) is 5.76. The molecule has 2 aromatic rings. The number of hydrogen-bond acceptors (Lipinski definition) is 2. The molecule has 22 heavy (non-hydrogen) atoms. The molecule has 0 aromatic heterocycles. The van der Waals surface area contributed by atoms with Crippen LogP contribution in [0.4, 0.5) is 22.0 Å². The number of carboxylic acid groups (broad SMARTS) is 1. The van der Waals surface area contributed by atoms with Gasteiger partial charge in [-0.15, -0.1) is 13.2 Å². The Hall–Kier alpha value is -2.64. The zero-order chi connectivity index (χ0) is 16.5. The van der Waals surface area contributed by atoms with Crippen molar-refractivity contribution in [3.63, 3.8) is 0 Å². The van der Waals surface area contributed by atoms with Gasteiger partial charge in [-0.3, -0.25) is 0 Å². The zero-order valence-electron chi connectivity index (χ0n) is 10.6. The standard InChI is InChI=1S/C14H7F5O3/c15-9-5-7(13(20)21)6-10(16)12(9)8-3-1-2-4-11(8)22-14(17,18)19/h1-6H,(H,20,21). The summed E-state index contributed by atoms with van der Waals surface area (Å²) in [5.41, 5.74) is -1.94. The van der Waals surface area contributed by atoms with Gasteiger partial charge in [0.15, 0.2) is 0 Å². The minimum atomic E-state index is -5.04. The number of aromatic carboxylic acids is 1. The number of carbonyl (C=O) groups is 1. The Labute approximate surface area is 120 Å². The summed E-state index contributed by atoms with van der Waals surface area (Å²) in [5.74, 6) is -4.98. The summed E-state index contributed by atoms with van der Waals surface area (Å²) in [7, 11) is 0. The van der Waals surface area contributed by atoms with Crippen molar-refractivity contribution in [2.75, 3.05) is 0 Å². The quantitative estimate of drug-likeness (QED) is 0.862. The van der Waals surface area contributed by atoms with E-state index in [0.29, 0.717) is 12.1 Å². The van der Waals surface area contributed by atoms with E-state index in [1.165, 1.54) is 12.1 Å². The fourth-order valence-corrected chi connectivity index (χ4v) is 1.84. The highest BCUT2D eigenvalue weighted by atomic mass is 19.4. The number of carboxylic acids is 1. The van der Waals surface area contributed by atoms with E-state index in [9.17, 15) is 26.7 Å². The maximum atomic E-state index is 13.9. The molecule has 0 bridgehead atoms. The Morgan fingerprint density at radius 1 is 1.05 bits per heavy atom. The van der Waals surface area contributed by atoms with Crippen LogP contribution in [0, 0.1) is 11.6 Å². The third kappa shape index (κ3) is 3.33. The lowest BCUT2D eigenvalue weighted by Gasteiger charge is -2.14. The summed E-state index contributed by atoms with van der Waals surface area (Å²) in [6.45, 7) is 0. The van der Waals surface area contributed by atoms with E-state index in [-0.39, 0.29) is 0 Å². The molecule has 2 aromatic carbocycles. The van der Waals surface area contributed by atoms with Crippen molar-refractivity contribution in [3.05, 3.63) is 53.6 Å². The lowest BCUT2D eigenvalue weighted by Crippen LogP contribution is -2.17. The van der Waals surface area contributed by atoms with Gasteiger partial charge in [0.25, 0.3) is 0 Å². The summed E-state index contributed by atoms with van der Waals surface area (Å²) in [6, 6.07) is 5.43. The van der Waals surface area contributed by atoms with Crippen LogP contribution < -0.4 is 4.74 Å². The third-order valence-corrected chi connectivity index (χ3v) is 2.67. The highest BCUT2D eigenvalue weighted by Gasteiger charge is 2.33. The smallest absolute Gasteiger partial charge is 0.478 e. The fraction of sp³-hybridized carbons (Fsp3) is 0.0714. The molecule has 116 valence electrons. The van der Waals surface area contributed by atoms with E-state index in [2.05, 4.69) is 4.74 Å². The summed E-state index contributed by atoms with van der Waals surface area (Å²) in [4.78, 5) is 10.7. The number of ether oxygens (including phenoxy) is 1. The second-order valence-corrected chi connectivity index (χ2v) is 4.16. The van der Waals surface area contributed by atoms with Crippen molar-refractivity contribution in [3.8, 4) is 16.9 Å². The van der Waals surface area contributed by atoms with E-state index in [0.717, 1.165) is 12.1 Å². The number of halogens is 5. The van der Waals surface area contributed by atoms with Gasteiger partial charge in [0, 0.05) is 5.56 Å². The molecule has 0 aliphatic heterocycles. The maximum absolute atomic E-state index is 13.9. The zero-order valence-corrected chi connectivity index (χ0v) is 10.6. The SMILES string of the molecule is O=C(O)c1cc(F)c(-c2ccccc2OC(F)(F)F)c(F)c1. The molecular formula is C14H7F5O3. The Bertz CT molecular complexity index is 702. The van der Waals surface area contributed by atoms with Crippen molar-refractivity contribution in [2.45, 2.75) is 6.36 Å². The van der Waals surface area contributed by atoms with Crippen LogP contribution in [0.3, 0.4) is 0 Å². The number of para-hydroxylation sites is 1. The summed E-state index contributed by atoms with van der Waals surface area (Å²) < 4.78 is 68.5. The van der Waals surface area contributed by atoms with Gasteiger partial charge in [-0.2, -0.15) is 0 Å². The Kier molecular flexibility index (Phi) is 4.03. The predicted molar refractivity (Wildman–Crippen MR) is 65.4 cm³/mol. The Morgan fingerprint density at radius 3 is 2.09 bits per heavy atom. The van der Waals surface area contributed by atoms with Gasteiger partial charge in [-0.05, 0) is 18.2 Å². The minimum absolute atomic E-state index is 0.480. The largest absolute Gasteiger partial charge is 0.573 e. The third-order valence-electron chi connectivity index (χ3n) is 2.67. The monoisotopic (exact) mass is 318 g/mol.